The zero-order valence-corrected chi connectivity index (χ0v) is 12.6. The van der Waals surface area contributed by atoms with Crippen LogP contribution in [0.3, 0.4) is 0 Å². The van der Waals surface area contributed by atoms with Crippen LogP contribution in [0.5, 0.6) is 5.75 Å². The molecule has 0 N–H and O–H groups in total. The van der Waals surface area contributed by atoms with E-state index in [0.29, 0.717) is 17.9 Å². The number of rotatable bonds is 7. The second-order valence-corrected chi connectivity index (χ2v) is 4.79. The first-order valence-electron chi connectivity index (χ1n) is 7.29. The first kappa shape index (κ1) is 15.1. The Hall–Kier alpha value is -2.29. The van der Waals surface area contributed by atoms with Crippen LogP contribution in [0.15, 0.2) is 48.5 Å². The molecule has 0 aliphatic heterocycles. The molecule has 0 aromatic heterocycles. The molecular weight excluding hydrogens is 262 g/mol. The van der Waals surface area contributed by atoms with Gasteiger partial charge in [0.25, 0.3) is 0 Å². The highest BCUT2D eigenvalue weighted by atomic mass is 16.5. The van der Waals surface area contributed by atoms with Gasteiger partial charge < -0.3 is 9.64 Å². The van der Waals surface area contributed by atoms with Gasteiger partial charge in [0.15, 0.2) is 6.29 Å². The fourth-order valence-corrected chi connectivity index (χ4v) is 2.27. The minimum absolute atomic E-state index is 0.462. The SMILES string of the molecule is CCN(CC)c1ccc(C=O)c(OCc2ccccc2)c1. The van der Waals surface area contributed by atoms with Crippen LogP contribution in [0, 0.1) is 0 Å². The van der Waals surface area contributed by atoms with Gasteiger partial charge in [-0.25, -0.2) is 0 Å². The van der Waals surface area contributed by atoms with Crippen molar-refractivity contribution in [3.63, 3.8) is 0 Å². The minimum Gasteiger partial charge on any atom is -0.488 e. The molecule has 3 nitrogen and oxygen atoms in total. The van der Waals surface area contributed by atoms with Crippen LogP contribution >= 0.6 is 0 Å². The fraction of sp³-hybridized carbons (Fsp3) is 0.278. The lowest BCUT2D eigenvalue weighted by Crippen LogP contribution is -2.21. The van der Waals surface area contributed by atoms with Gasteiger partial charge in [0.05, 0.1) is 5.56 Å². The van der Waals surface area contributed by atoms with Crippen molar-refractivity contribution in [3.8, 4) is 5.75 Å². The van der Waals surface area contributed by atoms with E-state index in [1.165, 1.54) is 0 Å². The molecule has 0 fully saturated rings. The average molecular weight is 283 g/mol. The zero-order valence-electron chi connectivity index (χ0n) is 12.6. The molecule has 0 saturated heterocycles. The smallest absolute Gasteiger partial charge is 0.153 e. The van der Waals surface area contributed by atoms with Gasteiger partial charge in [-0.3, -0.25) is 4.79 Å². The van der Waals surface area contributed by atoms with Crippen LogP contribution in [0.4, 0.5) is 5.69 Å². The minimum atomic E-state index is 0.462. The summed E-state index contributed by atoms with van der Waals surface area (Å²) in [5.41, 5.74) is 2.75. The molecule has 0 amide bonds. The first-order valence-corrected chi connectivity index (χ1v) is 7.29. The van der Waals surface area contributed by atoms with Crippen LogP contribution in [0.2, 0.25) is 0 Å². The molecule has 2 aromatic rings. The lowest BCUT2D eigenvalue weighted by atomic mass is 10.1. The normalized spacial score (nSPS) is 10.2. The van der Waals surface area contributed by atoms with Gasteiger partial charge in [0.1, 0.15) is 12.4 Å². The molecular formula is C18H21NO2. The van der Waals surface area contributed by atoms with Crippen LogP contribution in [0.25, 0.3) is 0 Å². The third-order valence-electron chi connectivity index (χ3n) is 3.49. The lowest BCUT2D eigenvalue weighted by Gasteiger charge is -2.22. The van der Waals surface area contributed by atoms with Crippen LogP contribution in [0.1, 0.15) is 29.8 Å². The number of aldehydes is 1. The van der Waals surface area contributed by atoms with E-state index in [-0.39, 0.29) is 0 Å². The van der Waals surface area contributed by atoms with Crippen LogP contribution in [-0.4, -0.2) is 19.4 Å². The predicted molar refractivity (Wildman–Crippen MR) is 86.2 cm³/mol. The Balaban J connectivity index is 2.19. The Morgan fingerprint density at radius 3 is 2.38 bits per heavy atom. The zero-order chi connectivity index (χ0) is 15.1. The Kier molecular flexibility index (Phi) is 5.38. The standard InChI is InChI=1S/C18H21NO2/c1-3-19(4-2)17-11-10-16(13-20)18(12-17)21-14-15-8-6-5-7-9-15/h5-13H,3-4,14H2,1-2H3. The highest BCUT2D eigenvalue weighted by molar-refractivity contribution is 5.80. The first-order chi connectivity index (χ1) is 10.3. The van der Waals surface area contributed by atoms with Gasteiger partial charge in [0.2, 0.25) is 0 Å². The Morgan fingerprint density at radius 1 is 1.05 bits per heavy atom. The number of carbonyl (C=O) groups is 1. The maximum absolute atomic E-state index is 11.2. The van der Waals surface area contributed by atoms with Gasteiger partial charge in [-0.15, -0.1) is 0 Å². The number of carbonyl (C=O) groups excluding carboxylic acids is 1. The van der Waals surface area contributed by atoms with Crippen molar-refractivity contribution >= 4 is 12.0 Å². The number of hydrogen-bond acceptors (Lipinski definition) is 3. The largest absolute Gasteiger partial charge is 0.488 e. The van der Waals surface area contributed by atoms with E-state index < -0.39 is 0 Å². The summed E-state index contributed by atoms with van der Waals surface area (Å²) in [5, 5.41) is 0. The topological polar surface area (TPSA) is 29.5 Å². The Morgan fingerprint density at radius 2 is 1.76 bits per heavy atom. The lowest BCUT2D eigenvalue weighted by molar-refractivity contribution is 0.111. The second kappa shape index (κ2) is 7.48. The molecule has 0 atom stereocenters. The van der Waals surface area contributed by atoms with E-state index in [0.717, 1.165) is 30.6 Å². The maximum atomic E-state index is 11.2. The van der Waals surface area contributed by atoms with E-state index in [9.17, 15) is 4.79 Å². The molecule has 110 valence electrons. The Labute approximate surface area is 126 Å². The molecule has 0 radical (unpaired) electrons. The third kappa shape index (κ3) is 3.85. The van der Waals surface area contributed by atoms with Gasteiger partial charge in [0, 0.05) is 24.8 Å². The summed E-state index contributed by atoms with van der Waals surface area (Å²) < 4.78 is 5.84. The van der Waals surface area contributed by atoms with Crippen LogP contribution < -0.4 is 9.64 Å². The summed E-state index contributed by atoms with van der Waals surface area (Å²) in [6, 6.07) is 15.7. The summed E-state index contributed by atoms with van der Waals surface area (Å²) in [5.74, 6) is 0.637. The molecule has 0 aliphatic rings. The summed E-state index contributed by atoms with van der Waals surface area (Å²) in [6.07, 6.45) is 0.840. The van der Waals surface area contributed by atoms with Crippen LogP contribution in [-0.2, 0) is 6.61 Å². The number of anilines is 1. The molecule has 0 saturated carbocycles. The number of benzene rings is 2. The number of nitrogens with zero attached hydrogens (tertiary/aromatic N) is 1. The van der Waals surface area contributed by atoms with Gasteiger partial charge >= 0.3 is 0 Å². The molecule has 21 heavy (non-hydrogen) atoms. The Bertz CT molecular complexity index is 577. The van der Waals surface area contributed by atoms with Crippen molar-refractivity contribution in [3.05, 3.63) is 59.7 Å². The van der Waals surface area contributed by atoms with Crippen molar-refractivity contribution in [2.24, 2.45) is 0 Å². The number of hydrogen-bond donors (Lipinski definition) is 0. The summed E-state index contributed by atoms with van der Waals surface area (Å²) in [6.45, 7) is 6.54. The molecule has 0 heterocycles. The quantitative estimate of drug-likeness (QED) is 0.721. The van der Waals surface area contributed by atoms with Crippen molar-refractivity contribution in [2.45, 2.75) is 20.5 Å². The van der Waals surface area contributed by atoms with E-state index >= 15 is 0 Å². The second-order valence-electron chi connectivity index (χ2n) is 4.79. The molecule has 3 heteroatoms. The molecule has 0 unspecified atom stereocenters. The third-order valence-corrected chi connectivity index (χ3v) is 3.49. The average Bonchev–Trinajstić information content (AvgIpc) is 2.55. The maximum Gasteiger partial charge on any atom is 0.153 e. The van der Waals surface area contributed by atoms with Crippen molar-refractivity contribution in [1.29, 1.82) is 0 Å². The monoisotopic (exact) mass is 283 g/mol. The highest BCUT2D eigenvalue weighted by Crippen LogP contribution is 2.25. The van der Waals surface area contributed by atoms with E-state index in [2.05, 4.69) is 18.7 Å². The molecule has 2 aromatic carbocycles. The van der Waals surface area contributed by atoms with Crippen molar-refractivity contribution < 1.29 is 9.53 Å². The predicted octanol–water partition coefficient (Wildman–Crippen LogP) is 3.92. The van der Waals surface area contributed by atoms with E-state index in [4.69, 9.17) is 4.74 Å². The van der Waals surface area contributed by atoms with Gasteiger partial charge in [-0.2, -0.15) is 0 Å². The van der Waals surface area contributed by atoms with Crippen molar-refractivity contribution in [2.75, 3.05) is 18.0 Å². The summed E-state index contributed by atoms with van der Waals surface area (Å²) in [7, 11) is 0. The van der Waals surface area contributed by atoms with E-state index in [1.54, 1.807) is 0 Å². The van der Waals surface area contributed by atoms with Gasteiger partial charge in [-0.1, -0.05) is 30.3 Å². The molecule has 0 bridgehead atoms. The molecule has 0 spiro atoms. The van der Waals surface area contributed by atoms with Gasteiger partial charge in [-0.05, 0) is 31.5 Å². The number of ether oxygens (including phenoxy) is 1. The fourth-order valence-electron chi connectivity index (χ4n) is 2.27. The highest BCUT2D eigenvalue weighted by Gasteiger charge is 2.08. The summed E-state index contributed by atoms with van der Waals surface area (Å²) in [4.78, 5) is 13.4. The molecule has 0 aliphatic carbocycles. The molecule has 2 rings (SSSR count). The van der Waals surface area contributed by atoms with E-state index in [1.807, 2.05) is 48.5 Å². The van der Waals surface area contributed by atoms with Crippen molar-refractivity contribution in [1.82, 2.24) is 0 Å². The summed E-state index contributed by atoms with van der Waals surface area (Å²) >= 11 is 0.